The van der Waals surface area contributed by atoms with E-state index < -0.39 is 0 Å². The molecule has 0 bridgehead atoms. The second-order valence-corrected chi connectivity index (χ2v) is 4.21. The molecule has 1 fully saturated rings. The van der Waals surface area contributed by atoms with Crippen LogP contribution in [0.25, 0.3) is 0 Å². The Balaban J connectivity index is 2.23. The molecule has 1 saturated carbocycles. The molecule has 0 aromatic heterocycles. The van der Waals surface area contributed by atoms with Crippen molar-refractivity contribution in [1.29, 1.82) is 0 Å². The lowest BCUT2D eigenvalue weighted by Crippen LogP contribution is -2.28. The first-order valence-electron chi connectivity index (χ1n) is 5.49. The Morgan fingerprint density at radius 2 is 2.24 bits per heavy atom. The highest BCUT2D eigenvalue weighted by Gasteiger charge is 2.32. The number of carbonyl (C=O) groups is 1. The molecular formula is C12H15N3O2. The second-order valence-electron chi connectivity index (χ2n) is 4.21. The van der Waals surface area contributed by atoms with Crippen molar-refractivity contribution < 1.29 is 10.0 Å². The van der Waals surface area contributed by atoms with Gasteiger partial charge in [-0.3, -0.25) is 4.79 Å². The van der Waals surface area contributed by atoms with Gasteiger partial charge < -0.3 is 15.8 Å². The molecule has 5 nitrogen and oxygen atoms in total. The lowest BCUT2D eigenvalue weighted by atomic mass is 10.1. The van der Waals surface area contributed by atoms with Crippen molar-refractivity contribution in [3.8, 4) is 0 Å². The number of amides is 1. The average molecular weight is 233 g/mol. The van der Waals surface area contributed by atoms with Gasteiger partial charge in [0.25, 0.3) is 0 Å². The summed E-state index contributed by atoms with van der Waals surface area (Å²) in [5, 5.41) is 11.5. The lowest BCUT2D eigenvalue weighted by molar-refractivity contribution is -0.119. The third-order valence-electron chi connectivity index (χ3n) is 2.89. The molecule has 1 aliphatic carbocycles. The smallest absolute Gasteiger partial charge is 0.229 e. The van der Waals surface area contributed by atoms with Crippen LogP contribution < -0.4 is 10.6 Å². The van der Waals surface area contributed by atoms with Crippen molar-refractivity contribution in [2.45, 2.75) is 12.8 Å². The number of nitrogens with two attached hydrogens (primary N) is 1. The van der Waals surface area contributed by atoms with E-state index in [0.29, 0.717) is 5.56 Å². The first kappa shape index (κ1) is 11.4. The Morgan fingerprint density at radius 3 is 2.82 bits per heavy atom. The molecule has 0 radical (unpaired) electrons. The van der Waals surface area contributed by atoms with Crippen LogP contribution in [0.2, 0.25) is 0 Å². The highest BCUT2D eigenvalue weighted by molar-refractivity contribution is 6.00. The lowest BCUT2D eigenvalue weighted by Gasteiger charge is -2.17. The number of carbonyl (C=O) groups excluding carboxylic acids is 1. The average Bonchev–Trinajstić information content (AvgIpc) is 3.20. The van der Waals surface area contributed by atoms with E-state index in [1.165, 1.54) is 0 Å². The van der Waals surface area contributed by atoms with Gasteiger partial charge in [-0.15, -0.1) is 0 Å². The summed E-state index contributed by atoms with van der Waals surface area (Å²) in [4.78, 5) is 13.5. The number of hydrogen-bond acceptors (Lipinski definition) is 3. The molecule has 5 heteroatoms. The van der Waals surface area contributed by atoms with E-state index >= 15 is 0 Å². The molecule has 1 aromatic rings. The number of amidine groups is 1. The molecule has 0 aliphatic heterocycles. The van der Waals surface area contributed by atoms with Crippen LogP contribution in [0.1, 0.15) is 18.4 Å². The zero-order valence-corrected chi connectivity index (χ0v) is 9.63. The van der Waals surface area contributed by atoms with Crippen LogP contribution in [0, 0.1) is 5.92 Å². The van der Waals surface area contributed by atoms with Crippen LogP contribution in [0.4, 0.5) is 5.69 Å². The number of nitrogens with zero attached hydrogens (tertiary/aromatic N) is 2. The van der Waals surface area contributed by atoms with Crippen LogP contribution in [-0.4, -0.2) is 24.0 Å². The maximum Gasteiger partial charge on any atom is 0.229 e. The summed E-state index contributed by atoms with van der Waals surface area (Å²) in [6.07, 6.45) is 1.95. The maximum atomic E-state index is 11.9. The number of rotatable bonds is 3. The Bertz CT molecular complexity index is 467. The minimum atomic E-state index is 0.0409. The molecule has 2 rings (SSSR count). The maximum absolute atomic E-state index is 11.9. The predicted octanol–water partition coefficient (Wildman–Crippen LogP) is 1.15. The number of benzene rings is 1. The fraction of sp³-hybridized carbons (Fsp3) is 0.333. The summed E-state index contributed by atoms with van der Waals surface area (Å²) in [6.45, 7) is 0. The molecule has 90 valence electrons. The topological polar surface area (TPSA) is 78.9 Å². The van der Waals surface area contributed by atoms with Crippen LogP contribution in [0.15, 0.2) is 29.4 Å². The summed E-state index contributed by atoms with van der Waals surface area (Å²) in [6, 6.07) is 7.07. The summed E-state index contributed by atoms with van der Waals surface area (Å²) >= 11 is 0. The molecule has 1 aromatic carbocycles. The third-order valence-corrected chi connectivity index (χ3v) is 2.89. The van der Waals surface area contributed by atoms with Crippen molar-refractivity contribution in [1.82, 2.24) is 0 Å². The normalized spacial score (nSPS) is 15.7. The van der Waals surface area contributed by atoms with Crippen LogP contribution in [0.5, 0.6) is 0 Å². The number of oxime groups is 1. The number of hydrogen-bond donors (Lipinski definition) is 2. The fourth-order valence-corrected chi connectivity index (χ4v) is 1.66. The predicted molar refractivity (Wildman–Crippen MR) is 65.1 cm³/mol. The minimum absolute atomic E-state index is 0.0409. The van der Waals surface area contributed by atoms with Gasteiger partial charge in [-0.25, -0.2) is 0 Å². The van der Waals surface area contributed by atoms with Gasteiger partial charge in [-0.2, -0.15) is 0 Å². The summed E-state index contributed by atoms with van der Waals surface area (Å²) < 4.78 is 0. The van der Waals surface area contributed by atoms with Crippen molar-refractivity contribution in [3.63, 3.8) is 0 Å². The number of anilines is 1. The standard InChI is InChI=1S/C12H15N3O2/c1-15(12(16)8-5-6-8)10-4-2-3-9(7-10)11(13)14-17/h2-4,7-8,17H,5-6H2,1H3,(H2,13,14). The van der Waals surface area contributed by atoms with Crippen molar-refractivity contribution in [2.75, 3.05) is 11.9 Å². The molecule has 0 heterocycles. The zero-order valence-electron chi connectivity index (χ0n) is 9.63. The van der Waals surface area contributed by atoms with Crippen molar-refractivity contribution in [2.24, 2.45) is 16.8 Å². The van der Waals surface area contributed by atoms with Gasteiger partial charge in [-0.05, 0) is 25.0 Å². The van der Waals surface area contributed by atoms with Gasteiger partial charge in [0.1, 0.15) is 0 Å². The van der Waals surface area contributed by atoms with E-state index in [9.17, 15) is 4.79 Å². The third kappa shape index (κ3) is 2.38. The molecule has 0 spiro atoms. The Labute approximate surface area is 99.5 Å². The molecule has 0 atom stereocenters. The molecule has 0 saturated heterocycles. The molecule has 17 heavy (non-hydrogen) atoms. The summed E-state index contributed by atoms with van der Waals surface area (Å²) in [7, 11) is 1.74. The van der Waals surface area contributed by atoms with E-state index in [2.05, 4.69) is 5.16 Å². The quantitative estimate of drug-likeness (QED) is 0.356. The second kappa shape index (κ2) is 4.45. The van der Waals surface area contributed by atoms with Crippen molar-refractivity contribution in [3.05, 3.63) is 29.8 Å². The summed E-state index contributed by atoms with van der Waals surface area (Å²) in [5.41, 5.74) is 6.86. The Kier molecular flexibility index (Phi) is 2.99. The van der Waals surface area contributed by atoms with Gasteiger partial charge in [0.05, 0.1) is 0 Å². The van der Waals surface area contributed by atoms with E-state index in [0.717, 1.165) is 18.5 Å². The van der Waals surface area contributed by atoms with E-state index in [4.69, 9.17) is 10.9 Å². The summed E-state index contributed by atoms with van der Waals surface area (Å²) in [5.74, 6) is 0.341. The minimum Gasteiger partial charge on any atom is -0.409 e. The first-order chi connectivity index (χ1) is 8.13. The Morgan fingerprint density at radius 1 is 1.53 bits per heavy atom. The first-order valence-corrected chi connectivity index (χ1v) is 5.49. The van der Waals surface area contributed by atoms with E-state index in [1.54, 1.807) is 30.1 Å². The van der Waals surface area contributed by atoms with Gasteiger partial charge in [-0.1, -0.05) is 17.3 Å². The van der Waals surface area contributed by atoms with Crippen molar-refractivity contribution >= 4 is 17.4 Å². The van der Waals surface area contributed by atoms with Gasteiger partial charge in [0.15, 0.2) is 5.84 Å². The highest BCUT2D eigenvalue weighted by atomic mass is 16.4. The van der Waals surface area contributed by atoms with E-state index in [-0.39, 0.29) is 17.7 Å². The van der Waals surface area contributed by atoms with Gasteiger partial charge in [0.2, 0.25) is 5.91 Å². The molecule has 3 N–H and O–H groups in total. The van der Waals surface area contributed by atoms with Crippen LogP contribution in [-0.2, 0) is 4.79 Å². The van der Waals surface area contributed by atoms with E-state index in [1.807, 2.05) is 6.07 Å². The molecular weight excluding hydrogens is 218 g/mol. The monoisotopic (exact) mass is 233 g/mol. The van der Waals surface area contributed by atoms with Crippen LogP contribution >= 0.6 is 0 Å². The Hall–Kier alpha value is -2.04. The van der Waals surface area contributed by atoms with Crippen LogP contribution in [0.3, 0.4) is 0 Å². The molecule has 1 amide bonds. The fourth-order valence-electron chi connectivity index (χ4n) is 1.66. The van der Waals surface area contributed by atoms with Gasteiger partial charge in [0, 0.05) is 24.2 Å². The highest BCUT2D eigenvalue weighted by Crippen LogP contribution is 2.32. The molecule has 1 aliphatic rings. The largest absolute Gasteiger partial charge is 0.409 e. The zero-order chi connectivity index (χ0) is 12.4. The molecule has 0 unspecified atom stereocenters. The van der Waals surface area contributed by atoms with Gasteiger partial charge >= 0.3 is 0 Å². The SMILES string of the molecule is CN(C(=O)C1CC1)c1cccc(C(N)=NO)c1.